The lowest BCUT2D eigenvalue weighted by atomic mass is 9.96. The summed E-state index contributed by atoms with van der Waals surface area (Å²) in [5, 5.41) is 16.5. The molecule has 10 heteroatoms. The van der Waals surface area contributed by atoms with E-state index in [2.05, 4.69) is 30.7 Å². The highest BCUT2D eigenvalue weighted by Gasteiger charge is 2.22. The fourth-order valence-corrected chi connectivity index (χ4v) is 4.59. The minimum absolute atomic E-state index is 0.0263. The molecule has 0 aliphatic rings. The number of halogens is 1. The molecule has 0 radical (unpaired) electrons. The molecule has 2 N–H and O–H groups in total. The quantitative estimate of drug-likeness (QED) is 0.503. The third kappa shape index (κ3) is 3.90. The standard InChI is InChI=1S/C19H19FN6OS2/c1-9-16(29-15(22-9)7-21-18(27)19(2,3)4)14-8-28-17(23-14)10-5-12-13(6-11(10)20)25-26-24-12/h5-6,8H,7H2,1-4H3,(H,21,27)(H,24,25,26). The minimum atomic E-state index is -0.450. The summed E-state index contributed by atoms with van der Waals surface area (Å²) in [6, 6.07) is 3.02. The van der Waals surface area contributed by atoms with Gasteiger partial charge in [0.05, 0.1) is 28.3 Å². The molecule has 29 heavy (non-hydrogen) atoms. The lowest BCUT2D eigenvalue weighted by Crippen LogP contribution is -2.34. The van der Waals surface area contributed by atoms with Gasteiger partial charge < -0.3 is 5.32 Å². The molecular formula is C19H19FN6OS2. The SMILES string of the molecule is Cc1nc(CNC(=O)C(C)(C)C)sc1-c1csc(-c2cc3nn[nH]c3cc2F)n1. The second kappa shape index (κ2) is 7.27. The molecule has 0 spiro atoms. The van der Waals surface area contributed by atoms with Crippen molar-refractivity contribution >= 4 is 39.6 Å². The van der Waals surface area contributed by atoms with E-state index < -0.39 is 5.41 Å². The van der Waals surface area contributed by atoms with Crippen LogP contribution in [0.2, 0.25) is 0 Å². The number of aryl methyl sites for hydroxylation is 1. The Balaban J connectivity index is 1.58. The van der Waals surface area contributed by atoms with Crippen molar-refractivity contribution in [2.75, 3.05) is 0 Å². The Bertz CT molecular complexity index is 1200. The number of nitrogens with zero attached hydrogens (tertiary/aromatic N) is 4. The smallest absolute Gasteiger partial charge is 0.225 e. The number of H-pyrrole nitrogens is 1. The van der Waals surface area contributed by atoms with Gasteiger partial charge in [-0.1, -0.05) is 26.0 Å². The number of hydrogen-bond donors (Lipinski definition) is 2. The molecule has 150 valence electrons. The molecule has 0 atom stereocenters. The van der Waals surface area contributed by atoms with E-state index >= 15 is 0 Å². The van der Waals surface area contributed by atoms with Crippen LogP contribution in [0.4, 0.5) is 4.39 Å². The fourth-order valence-electron chi connectivity index (χ4n) is 2.72. The number of fused-ring (bicyclic) bond motifs is 1. The van der Waals surface area contributed by atoms with Crippen molar-refractivity contribution in [3.63, 3.8) is 0 Å². The highest BCUT2D eigenvalue weighted by molar-refractivity contribution is 7.16. The number of aromatic nitrogens is 5. The Morgan fingerprint density at radius 2 is 2.07 bits per heavy atom. The molecule has 0 aliphatic heterocycles. The normalized spacial score (nSPS) is 11.9. The summed E-state index contributed by atoms with van der Waals surface area (Å²) in [5.41, 5.74) is 2.65. The molecule has 0 unspecified atom stereocenters. The van der Waals surface area contributed by atoms with Crippen molar-refractivity contribution < 1.29 is 9.18 Å². The second-order valence-corrected chi connectivity index (χ2v) is 9.60. The fraction of sp³-hybridized carbons (Fsp3) is 0.316. The van der Waals surface area contributed by atoms with E-state index in [1.807, 2.05) is 33.1 Å². The third-order valence-corrected chi connectivity index (χ3v) is 6.36. The zero-order valence-electron chi connectivity index (χ0n) is 16.3. The first kappa shape index (κ1) is 19.6. The zero-order valence-corrected chi connectivity index (χ0v) is 18.0. The molecule has 0 fully saturated rings. The molecule has 0 aliphatic carbocycles. The number of amides is 1. The van der Waals surface area contributed by atoms with Gasteiger partial charge in [0.2, 0.25) is 5.91 Å². The predicted molar refractivity (Wildman–Crippen MR) is 112 cm³/mol. The van der Waals surface area contributed by atoms with Gasteiger partial charge in [-0.2, -0.15) is 0 Å². The maximum absolute atomic E-state index is 14.5. The van der Waals surface area contributed by atoms with Crippen molar-refractivity contribution in [3.8, 4) is 21.1 Å². The summed E-state index contributed by atoms with van der Waals surface area (Å²) in [5.74, 6) is -0.405. The monoisotopic (exact) mass is 430 g/mol. The molecular weight excluding hydrogens is 411 g/mol. The Kier molecular flexibility index (Phi) is 4.91. The minimum Gasteiger partial charge on any atom is -0.349 e. The first-order valence-electron chi connectivity index (χ1n) is 8.93. The van der Waals surface area contributed by atoms with Crippen LogP contribution in [0.1, 0.15) is 31.5 Å². The molecule has 0 saturated carbocycles. The van der Waals surface area contributed by atoms with Crippen LogP contribution in [-0.4, -0.2) is 31.3 Å². The molecule has 7 nitrogen and oxygen atoms in total. The van der Waals surface area contributed by atoms with E-state index in [9.17, 15) is 9.18 Å². The maximum atomic E-state index is 14.5. The molecule has 4 rings (SSSR count). The van der Waals surface area contributed by atoms with Gasteiger partial charge in [0.1, 0.15) is 21.3 Å². The largest absolute Gasteiger partial charge is 0.349 e. The molecule has 3 heterocycles. The van der Waals surface area contributed by atoms with E-state index in [0.29, 0.717) is 28.1 Å². The van der Waals surface area contributed by atoms with Crippen LogP contribution >= 0.6 is 22.7 Å². The molecule has 1 aromatic carbocycles. The summed E-state index contributed by atoms with van der Waals surface area (Å²) in [7, 11) is 0. The zero-order chi connectivity index (χ0) is 20.8. The number of carbonyl (C=O) groups is 1. The number of thiazole rings is 2. The van der Waals surface area contributed by atoms with Gasteiger partial charge in [-0.25, -0.2) is 14.4 Å². The molecule has 0 bridgehead atoms. The van der Waals surface area contributed by atoms with Crippen molar-refractivity contribution in [1.82, 2.24) is 30.7 Å². The van der Waals surface area contributed by atoms with Crippen molar-refractivity contribution in [2.45, 2.75) is 34.2 Å². The highest BCUT2D eigenvalue weighted by Crippen LogP contribution is 2.35. The first-order chi connectivity index (χ1) is 13.7. The van der Waals surface area contributed by atoms with Crippen molar-refractivity contribution in [1.29, 1.82) is 0 Å². The van der Waals surface area contributed by atoms with Gasteiger partial charge in [0.15, 0.2) is 0 Å². The Labute approximate surface area is 174 Å². The number of benzene rings is 1. The number of carbonyl (C=O) groups excluding carboxylic acids is 1. The first-order valence-corrected chi connectivity index (χ1v) is 10.6. The van der Waals surface area contributed by atoms with Gasteiger partial charge in [-0.15, -0.1) is 27.8 Å². The molecule has 4 aromatic rings. The van der Waals surface area contributed by atoms with Crippen LogP contribution in [0.3, 0.4) is 0 Å². The summed E-state index contributed by atoms with van der Waals surface area (Å²) in [6.07, 6.45) is 0. The van der Waals surface area contributed by atoms with Crippen LogP contribution in [0.15, 0.2) is 17.5 Å². The average molecular weight is 431 g/mol. The average Bonchev–Trinajstić information content (AvgIpc) is 3.37. The summed E-state index contributed by atoms with van der Waals surface area (Å²) < 4.78 is 14.5. The Hall–Kier alpha value is -2.72. The van der Waals surface area contributed by atoms with Gasteiger partial charge in [0, 0.05) is 22.4 Å². The van der Waals surface area contributed by atoms with Gasteiger partial charge in [0.25, 0.3) is 0 Å². The Morgan fingerprint density at radius 1 is 1.28 bits per heavy atom. The van der Waals surface area contributed by atoms with Crippen LogP contribution < -0.4 is 5.32 Å². The van der Waals surface area contributed by atoms with Gasteiger partial charge in [-0.05, 0) is 13.0 Å². The third-order valence-electron chi connectivity index (χ3n) is 4.30. The van der Waals surface area contributed by atoms with Crippen molar-refractivity contribution in [3.05, 3.63) is 34.0 Å². The van der Waals surface area contributed by atoms with E-state index in [-0.39, 0.29) is 11.7 Å². The van der Waals surface area contributed by atoms with Gasteiger partial charge in [-0.3, -0.25) is 9.89 Å². The summed E-state index contributed by atoms with van der Waals surface area (Å²) >= 11 is 2.84. The summed E-state index contributed by atoms with van der Waals surface area (Å²) in [6.45, 7) is 7.88. The van der Waals surface area contributed by atoms with Crippen LogP contribution in [-0.2, 0) is 11.3 Å². The molecule has 0 saturated heterocycles. The maximum Gasteiger partial charge on any atom is 0.225 e. The lowest BCUT2D eigenvalue weighted by Gasteiger charge is -2.16. The number of nitrogens with one attached hydrogen (secondary N) is 2. The number of hydrogen-bond acceptors (Lipinski definition) is 7. The van der Waals surface area contributed by atoms with Gasteiger partial charge >= 0.3 is 0 Å². The van der Waals surface area contributed by atoms with Crippen molar-refractivity contribution in [2.24, 2.45) is 5.41 Å². The summed E-state index contributed by atoms with van der Waals surface area (Å²) in [4.78, 5) is 22.1. The highest BCUT2D eigenvalue weighted by atomic mass is 32.1. The van der Waals surface area contributed by atoms with Crippen LogP contribution in [0.25, 0.3) is 32.2 Å². The molecule has 3 aromatic heterocycles. The topological polar surface area (TPSA) is 96.5 Å². The number of rotatable bonds is 4. The van der Waals surface area contributed by atoms with E-state index in [0.717, 1.165) is 21.3 Å². The molecule has 1 amide bonds. The lowest BCUT2D eigenvalue weighted by molar-refractivity contribution is -0.128. The Morgan fingerprint density at radius 3 is 2.83 bits per heavy atom. The van der Waals surface area contributed by atoms with E-state index in [1.54, 1.807) is 6.07 Å². The van der Waals surface area contributed by atoms with E-state index in [1.165, 1.54) is 28.7 Å². The van der Waals surface area contributed by atoms with E-state index in [4.69, 9.17) is 0 Å². The van der Waals surface area contributed by atoms with Crippen LogP contribution in [0.5, 0.6) is 0 Å². The predicted octanol–water partition coefficient (Wildman–Crippen LogP) is 4.31. The second-order valence-electron chi connectivity index (χ2n) is 7.65. The van der Waals surface area contributed by atoms with Crippen LogP contribution in [0, 0.1) is 18.2 Å². The number of aromatic amines is 1.